The maximum Gasteiger partial charge on any atom is 0.226 e. The van der Waals surface area contributed by atoms with Gasteiger partial charge in [0.1, 0.15) is 5.82 Å². The van der Waals surface area contributed by atoms with Gasteiger partial charge in [0, 0.05) is 30.7 Å². The van der Waals surface area contributed by atoms with Crippen LogP contribution in [0, 0.1) is 6.92 Å². The summed E-state index contributed by atoms with van der Waals surface area (Å²) < 4.78 is 0. The molecule has 0 radical (unpaired) electrons. The average molecular weight is 264 g/mol. The highest BCUT2D eigenvalue weighted by Gasteiger charge is 2.05. The molecular weight excluding hydrogens is 248 g/mol. The second kappa shape index (κ2) is 6.30. The Hall–Kier alpha value is -1.69. The van der Waals surface area contributed by atoms with Crippen molar-refractivity contribution in [3.63, 3.8) is 0 Å². The molecule has 0 aliphatic heterocycles. The molecular formula is C12H16N4OS. The van der Waals surface area contributed by atoms with Gasteiger partial charge in [0.2, 0.25) is 5.91 Å². The number of H-pyrrole nitrogens is 1. The fourth-order valence-electron chi connectivity index (χ4n) is 1.63. The number of carbonyl (C=O) groups is 1. The van der Waals surface area contributed by atoms with Gasteiger partial charge in [-0.05, 0) is 13.3 Å². The predicted octanol–water partition coefficient (Wildman–Crippen LogP) is 1.47. The van der Waals surface area contributed by atoms with Crippen LogP contribution < -0.4 is 5.32 Å². The lowest BCUT2D eigenvalue weighted by Crippen LogP contribution is -2.26. The summed E-state index contributed by atoms with van der Waals surface area (Å²) in [5, 5.41) is 5.81. The molecule has 0 unspecified atom stereocenters. The number of nitrogens with one attached hydrogen (secondary N) is 2. The van der Waals surface area contributed by atoms with Crippen LogP contribution in [0.2, 0.25) is 0 Å². The number of amides is 1. The highest BCUT2D eigenvalue weighted by Crippen LogP contribution is 2.08. The van der Waals surface area contributed by atoms with E-state index in [0.717, 1.165) is 29.4 Å². The Morgan fingerprint density at radius 2 is 2.44 bits per heavy atom. The largest absolute Gasteiger partial charge is 0.356 e. The summed E-state index contributed by atoms with van der Waals surface area (Å²) in [5.74, 6) is 0.985. The zero-order chi connectivity index (χ0) is 12.8. The van der Waals surface area contributed by atoms with Crippen molar-refractivity contribution in [3.8, 4) is 0 Å². The Morgan fingerprint density at radius 1 is 1.56 bits per heavy atom. The molecule has 0 fully saturated rings. The fraction of sp³-hybridized carbons (Fsp3) is 0.417. The van der Waals surface area contributed by atoms with E-state index in [-0.39, 0.29) is 5.91 Å². The molecule has 96 valence electrons. The lowest BCUT2D eigenvalue weighted by molar-refractivity contribution is -0.120. The van der Waals surface area contributed by atoms with E-state index in [4.69, 9.17) is 0 Å². The molecule has 2 rings (SSSR count). The van der Waals surface area contributed by atoms with Crippen molar-refractivity contribution in [2.24, 2.45) is 0 Å². The van der Waals surface area contributed by atoms with Crippen molar-refractivity contribution in [2.45, 2.75) is 26.2 Å². The summed E-state index contributed by atoms with van der Waals surface area (Å²) in [6, 6.07) is 0. The first-order chi connectivity index (χ1) is 8.74. The summed E-state index contributed by atoms with van der Waals surface area (Å²) in [5.41, 5.74) is 0.848. The van der Waals surface area contributed by atoms with Gasteiger partial charge < -0.3 is 10.3 Å². The minimum absolute atomic E-state index is 0.0275. The number of imidazole rings is 1. The van der Waals surface area contributed by atoms with Crippen LogP contribution in [0.25, 0.3) is 0 Å². The second-order valence-corrected chi connectivity index (χ2v) is 5.09. The topological polar surface area (TPSA) is 70.7 Å². The van der Waals surface area contributed by atoms with Gasteiger partial charge in [-0.25, -0.2) is 9.97 Å². The van der Waals surface area contributed by atoms with Crippen LogP contribution in [0.15, 0.2) is 17.8 Å². The van der Waals surface area contributed by atoms with E-state index < -0.39 is 0 Å². The highest BCUT2D eigenvalue weighted by atomic mass is 32.1. The van der Waals surface area contributed by atoms with E-state index in [1.807, 2.05) is 12.3 Å². The zero-order valence-corrected chi connectivity index (χ0v) is 11.1. The van der Waals surface area contributed by atoms with E-state index in [0.29, 0.717) is 13.0 Å². The number of aryl methyl sites for hydroxylation is 2. The molecule has 2 aromatic rings. The molecule has 0 bridgehead atoms. The molecule has 2 heterocycles. The molecule has 0 saturated carbocycles. The molecule has 0 saturated heterocycles. The van der Waals surface area contributed by atoms with E-state index in [1.54, 1.807) is 23.7 Å². The van der Waals surface area contributed by atoms with Crippen LogP contribution >= 0.6 is 11.3 Å². The van der Waals surface area contributed by atoms with Crippen LogP contribution in [0.3, 0.4) is 0 Å². The number of carbonyl (C=O) groups excluding carboxylic acids is 1. The van der Waals surface area contributed by atoms with Gasteiger partial charge in [-0.2, -0.15) is 0 Å². The average Bonchev–Trinajstić information content (AvgIpc) is 2.96. The maximum atomic E-state index is 11.6. The van der Waals surface area contributed by atoms with Gasteiger partial charge in [-0.1, -0.05) is 0 Å². The first kappa shape index (κ1) is 12.8. The quantitative estimate of drug-likeness (QED) is 0.776. The van der Waals surface area contributed by atoms with Gasteiger partial charge in [0.25, 0.3) is 0 Å². The molecule has 0 aliphatic carbocycles. The number of rotatable bonds is 6. The smallest absolute Gasteiger partial charge is 0.226 e. The Morgan fingerprint density at radius 3 is 3.11 bits per heavy atom. The van der Waals surface area contributed by atoms with Crippen molar-refractivity contribution in [1.29, 1.82) is 0 Å². The third kappa shape index (κ3) is 3.96. The van der Waals surface area contributed by atoms with E-state index in [9.17, 15) is 4.79 Å². The number of thiazole rings is 1. The first-order valence-electron chi connectivity index (χ1n) is 5.90. The first-order valence-corrected chi connectivity index (χ1v) is 6.78. The monoisotopic (exact) mass is 264 g/mol. The predicted molar refractivity (Wildman–Crippen MR) is 70.5 cm³/mol. The van der Waals surface area contributed by atoms with Gasteiger partial charge >= 0.3 is 0 Å². The van der Waals surface area contributed by atoms with Crippen molar-refractivity contribution in [3.05, 3.63) is 34.3 Å². The standard InChI is InChI=1S/C12H16N4OS/c1-9-16-10(8-18-9)7-12(17)15-4-2-3-11-13-5-6-14-11/h5-6,8H,2-4,7H2,1H3,(H,13,14)(H,15,17). The number of aromatic nitrogens is 3. The van der Waals surface area contributed by atoms with Gasteiger partial charge in [0.15, 0.2) is 0 Å². The lowest BCUT2D eigenvalue weighted by Gasteiger charge is -2.02. The molecule has 1 amide bonds. The summed E-state index contributed by atoms with van der Waals surface area (Å²) >= 11 is 1.57. The number of aromatic amines is 1. The fourth-order valence-corrected chi connectivity index (χ4v) is 2.25. The summed E-state index contributed by atoms with van der Waals surface area (Å²) in [7, 11) is 0. The highest BCUT2D eigenvalue weighted by molar-refractivity contribution is 7.09. The Labute approximate surface area is 110 Å². The van der Waals surface area contributed by atoms with Crippen LogP contribution in [-0.4, -0.2) is 27.4 Å². The molecule has 5 nitrogen and oxygen atoms in total. The van der Waals surface area contributed by atoms with Crippen LogP contribution in [0.1, 0.15) is 22.9 Å². The van der Waals surface area contributed by atoms with E-state index in [1.165, 1.54) is 0 Å². The summed E-state index contributed by atoms with van der Waals surface area (Å²) in [4.78, 5) is 23.0. The lowest BCUT2D eigenvalue weighted by atomic mass is 10.3. The Bertz CT molecular complexity index is 492. The van der Waals surface area contributed by atoms with E-state index >= 15 is 0 Å². The second-order valence-electron chi connectivity index (χ2n) is 4.02. The van der Waals surface area contributed by atoms with Crippen molar-refractivity contribution >= 4 is 17.2 Å². The number of hydrogen-bond acceptors (Lipinski definition) is 4. The van der Waals surface area contributed by atoms with Gasteiger partial charge in [-0.3, -0.25) is 4.79 Å². The molecule has 0 aliphatic rings. The molecule has 6 heteroatoms. The third-order valence-electron chi connectivity index (χ3n) is 2.48. The van der Waals surface area contributed by atoms with Crippen molar-refractivity contribution in [2.75, 3.05) is 6.54 Å². The minimum Gasteiger partial charge on any atom is -0.356 e. The summed E-state index contributed by atoms with van der Waals surface area (Å²) in [6.45, 7) is 2.61. The summed E-state index contributed by atoms with van der Waals surface area (Å²) in [6.07, 6.45) is 5.64. The zero-order valence-electron chi connectivity index (χ0n) is 10.3. The van der Waals surface area contributed by atoms with Crippen molar-refractivity contribution < 1.29 is 4.79 Å². The van der Waals surface area contributed by atoms with Crippen LogP contribution in [-0.2, 0) is 17.6 Å². The number of hydrogen-bond donors (Lipinski definition) is 2. The Balaban J connectivity index is 1.63. The molecule has 2 aromatic heterocycles. The van der Waals surface area contributed by atoms with Gasteiger partial charge in [0.05, 0.1) is 17.1 Å². The molecule has 2 N–H and O–H groups in total. The molecule has 18 heavy (non-hydrogen) atoms. The van der Waals surface area contributed by atoms with Crippen LogP contribution in [0.4, 0.5) is 0 Å². The van der Waals surface area contributed by atoms with E-state index in [2.05, 4.69) is 20.3 Å². The van der Waals surface area contributed by atoms with Crippen LogP contribution in [0.5, 0.6) is 0 Å². The minimum atomic E-state index is 0.0275. The molecule has 0 aromatic carbocycles. The van der Waals surface area contributed by atoms with Crippen molar-refractivity contribution in [1.82, 2.24) is 20.3 Å². The molecule has 0 atom stereocenters. The maximum absolute atomic E-state index is 11.6. The SMILES string of the molecule is Cc1nc(CC(=O)NCCCc2ncc[nH]2)cs1. The molecule has 0 spiro atoms. The normalized spacial score (nSPS) is 10.5. The van der Waals surface area contributed by atoms with Gasteiger partial charge in [-0.15, -0.1) is 11.3 Å². The Kier molecular flexibility index (Phi) is 4.46. The third-order valence-corrected chi connectivity index (χ3v) is 3.30. The number of nitrogens with zero attached hydrogens (tertiary/aromatic N) is 2.